The minimum Gasteiger partial charge on any atom is -0.330 e. The number of hydrogen-bond donors (Lipinski definition) is 1. The van der Waals surface area contributed by atoms with Crippen LogP contribution in [-0.2, 0) is 0 Å². The van der Waals surface area contributed by atoms with Crippen LogP contribution in [0.4, 0.5) is 0 Å². The van der Waals surface area contributed by atoms with Gasteiger partial charge in [0.05, 0.1) is 0 Å². The van der Waals surface area contributed by atoms with E-state index in [1.54, 1.807) is 0 Å². The highest BCUT2D eigenvalue weighted by molar-refractivity contribution is 4.73. The van der Waals surface area contributed by atoms with Crippen LogP contribution in [0.25, 0.3) is 0 Å². The molecule has 0 amide bonds. The van der Waals surface area contributed by atoms with Gasteiger partial charge in [0.2, 0.25) is 0 Å². The highest BCUT2D eigenvalue weighted by Gasteiger charge is 2.22. The second kappa shape index (κ2) is 10.1. The van der Waals surface area contributed by atoms with Gasteiger partial charge in [0.1, 0.15) is 0 Å². The van der Waals surface area contributed by atoms with E-state index in [0.29, 0.717) is 0 Å². The van der Waals surface area contributed by atoms with E-state index in [0.717, 1.165) is 24.3 Å². The van der Waals surface area contributed by atoms with Gasteiger partial charge >= 0.3 is 0 Å². The molecule has 0 saturated heterocycles. The molecule has 0 aliphatic carbocycles. The van der Waals surface area contributed by atoms with E-state index < -0.39 is 0 Å². The maximum Gasteiger partial charge on any atom is -0.00773 e. The van der Waals surface area contributed by atoms with E-state index in [4.69, 9.17) is 5.73 Å². The average Bonchev–Trinajstić information content (AvgIpc) is 2.25. The Balaban J connectivity index is 4.20. The summed E-state index contributed by atoms with van der Waals surface area (Å²) in [5.74, 6) is 2.72. The SMILES string of the molecule is CCCC(CCCCN)C(CCC)C(C)C. The summed E-state index contributed by atoms with van der Waals surface area (Å²) in [6, 6.07) is 0. The molecule has 1 heteroatoms. The second-order valence-electron chi connectivity index (χ2n) is 5.53. The minimum absolute atomic E-state index is 0.842. The van der Waals surface area contributed by atoms with Gasteiger partial charge in [-0.1, -0.05) is 66.2 Å². The van der Waals surface area contributed by atoms with Crippen LogP contribution in [0.3, 0.4) is 0 Å². The zero-order valence-corrected chi connectivity index (χ0v) is 12.0. The van der Waals surface area contributed by atoms with Gasteiger partial charge in [0, 0.05) is 0 Å². The van der Waals surface area contributed by atoms with E-state index in [1.807, 2.05) is 0 Å². The molecular weight excluding hydrogens is 194 g/mol. The van der Waals surface area contributed by atoms with Gasteiger partial charge < -0.3 is 5.73 Å². The summed E-state index contributed by atoms with van der Waals surface area (Å²) >= 11 is 0. The summed E-state index contributed by atoms with van der Waals surface area (Å²) in [5.41, 5.74) is 5.58. The van der Waals surface area contributed by atoms with Crippen molar-refractivity contribution in [2.75, 3.05) is 6.54 Å². The van der Waals surface area contributed by atoms with Crippen molar-refractivity contribution < 1.29 is 0 Å². The number of hydrogen-bond acceptors (Lipinski definition) is 1. The fourth-order valence-electron chi connectivity index (χ4n) is 2.94. The molecule has 16 heavy (non-hydrogen) atoms. The Morgan fingerprint density at radius 1 is 0.875 bits per heavy atom. The van der Waals surface area contributed by atoms with Gasteiger partial charge in [0.25, 0.3) is 0 Å². The number of rotatable bonds is 10. The molecule has 2 atom stereocenters. The first kappa shape index (κ1) is 16.0. The average molecular weight is 227 g/mol. The Kier molecular flexibility index (Phi) is 10.1. The fourth-order valence-corrected chi connectivity index (χ4v) is 2.94. The molecule has 2 unspecified atom stereocenters. The van der Waals surface area contributed by atoms with Crippen molar-refractivity contribution in [1.82, 2.24) is 0 Å². The molecule has 0 fully saturated rings. The van der Waals surface area contributed by atoms with Gasteiger partial charge in [-0.15, -0.1) is 0 Å². The van der Waals surface area contributed by atoms with Crippen LogP contribution in [0, 0.1) is 17.8 Å². The predicted molar refractivity (Wildman–Crippen MR) is 74.5 cm³/mol. The molecule has 0 rings (SSSR count). The molecule has 2 N–H and O–H groups in total. The smallest absolute Gasteiger partial charge is 0.00773 e. The molecule has 0 aromatic rings. The third-order valence-electron chi connectivity index (χ3n) is 3.77. The van der Waals surface area contributed by atoms with Crippen molar-refractivity contribution in [3.63, 3.8) is 0 Å². The molecule has 1 nitrogen and oxygen atoms in total. The van der Waals surface area contributed by atoms with E-state index in [9.17, 15) is 0 Å². The predicted octanol–water partition coefficient (Wildman–Crippen LogP) is 4.60. The van der Waals surface area contributed by atoms with Crippen LogP contribution in [0.15, 0.2) is 0 Å². The summed E-state index contributed by atoms with van der Waals surface area (Å²) in [4.78, 5) is 0. The first-order valence-corrected chi connectivity index (χ1v) is 7.37. The summed E-state index contributed by atoms with van der Waals surface area (Å²) in [5, 5.41) is 0. The molecule has 0 aliphatic heterocycles. The van der Waals surface area contributed by atoms with Crippen LogP contribution in [0.2, 0.25) is 0 Å². The number of nitrogens with two attached hydrogens (primary N) is 1. The Labute approximate surface area is 103 Å². The molecule has 0 saturated carbocycles. The van der Waals surface area contributed by atoms with Crippen molar-refractivity contribution in [3.8, 4) is 0 Å². The number of unbranched alkanes of at least 4 members (excludes halogenated alkanes) is 1. The quantitative estimate of drug-likeness (QED) is 0.542. The van der Waals surface area contributed by atoms with Gasteiger partial charge in [-0.25, -0.2) is 0 Å². The summed E-state index contributed by atoms with van der Waals surface area (Å²) in [6.45, 7) is 10.3. The zero-order valence-electron chi connectivity index (χ0n) is 12.0. The van der Waals surface area contributed by atoms with Crippen molar-refractivity contribution in [2.24, 2.45) is 23.5 Å². The third kappa shape index (κ3) is 6.52. The second-order valence-corrected chi connectivity index (χ2v) is 5.53. The van der Waals surface area contributed by atoms with Gasteiger partial charge in [-0.3, -0.25) is 0 Å². The van der Waals surface area contributed by atoms with Crippen molar-refractivity contribution in [2.45, 2.75) is 72.6 Å². The summed E-state index contributed by atoms with van der Waals surface area (Å²) < 4.78 is 0. The normalized spacial score (nSPS) is 15.4. The highest BCUT2D eigenvalue weighted by atomic mass is 14.5. The molecular formula is C15H33N. The van der Waals surface area contributed by atoms with Crippen LogP contribution >= 0.6 is 0 Å². The highest BCUT2D eigenvalue weighted by Crippen LogP contribution is 2.32. The first-order valence-electron chi connectivity index (χ1n) is 7.37. The minimum atomic E-state index is 0.842. The fraction of sp³-hybridized carbons (Fsp3) is 1.00. The van der Waals surface area contributed by atoms with E-state index in [1.165, 1.54) is 44.9 Å². The first-order chi connectivity index (χ1) is 7.67. The zero-order chi connectivity index (χ0) is 12.4. The molecule has 98 valence electrons. The summed E-state index contributed by atoms with van der Waals surface area (Å²) in [7, 11) is 0. The van der Waals surface area contributed by atoms with Crippen LogP contribution in [-0.4, -0.2) is 6.54 Å². The Bertz CT molecular complexity index is 142. The molecule has 0 heterocycles. The molecule has 0 aromatic heterocycles. The molecule has 0 aliphatic rings. The van der Waals surface area contributed by atoms with Gasteiger partial charge in [0.15, 0.2) is 0 Å². The maximum atomic E-state index is 5.58. The van der Waals surface area contributed by atoms with Gasteiger partial charge in [-0.2, -0.15) is 0 Å². The standard InChI is InChI=1S/C15H33N/c1-5-9-14(11-7-8-12-16)15(10-6-2)13(3)4/h13-15H,5-12,16H2,1-4H3. The van der Waals surface area contributed by atoms with Crippen molar-refractivity contribution in [1.29, 1.82) is 0 Å². The van der Waals surface area contributed by atoms with Gasteiger partial charge in [-0.05, 0) is 30.7 Å². The van der Waals surface area contributed by atoms with E-state index >= 15 is 0 Å². The van der Waals surface area contributed by atoms with Crippen molar-refractivity contribution >= 4 is 0 Å². The van der Waals surface area contributed by atoms with E-state index in [2.05, 4.69) is 27.7 Å². The Hall–Kier alpha value is -0.0400. The maximum absolute atomic E-state index is 5.58. The lowest BCUT2D eigenvalue weighted by Gasteiger charge is -2.30. The molecule has 0 bridgehead atoms. The summed E-state index contributed by atoms with van der Waals surface area (Å²) in [6.07, 6.45) is 9.41. The Morgan fingerprint density at radius 3 is 1.94 bits per heavy atom. The Morgan fingerprint density at radius 2 is 1.50 bits per heavy atom. The topological polar surface area (TPSA) is 26.0 Å². The van der Waals surface area contributed by atoms with Crippen molar-refractivity contribution in [3.05, 3.63) is 0 Å². The third-order valence-corrected chi connectivity index (χ3v) is 3.77. The largest absolute Gasteiger partial charge is 0.330 e. The molecule has 0 aromatic carbocycles. The van der Waals surface area contributed by atoms with Crippen LogP contribution in [0.5, 0.6) is 0 Å². The molecule has 0 spiro atoms. The lowest BCUT2D eigenvalue weighted by atomic mass is 9.76. The molecule has 0 radical (unpaired) electrons. The van der Waals surface area contributed by atoms with E-state index in [-0.39, 0.29) is 0 Å². The lowest BCUT2D eigenvalue weighted by molar-refractivity contribution is 0.206. The lowest BCUT2D eigenvalue weighted by Crippen LogP contribution is -2.20. The monoisotopic (exact) mass is 227 g/mol. The van der Waals surface area contributed by atoms with Crippen LogP contribution in [0.1, 0.15) is 72.6 Å². The van der Waals surface area contributed by atoms with Crippen LogP contribution < -0.4 is 5.73 Å².